The minimum absolute atomic E-state index is 0.162. The van der Waals surface area contributed by atoms with Crippen molar-refractivity contribution in [1.82, 2.24) is 10.2 Å². The number of carboxylic acids is 1. The summed E-state index contributed by atoms with van der Waals surface area (Å²) in [5.74, 6) is -0.879. The third-order valence-corrected chi connectivity index (χ3v) is 4.66. The highest BCUT2D eigenvalue weighted by atomic mass is 16.4. The number of nitrogens with one attached hydrogen (secondary N) is 1. The Morgan fingerprint density at radius 3 is 2.40 bits per heavy atom. The molecule has 1 aliphatic carbocycles. The summed E-state index contributed by atoms with van der Waals surface area (Å²) in [6, 6.07) is -0.853. The molecule has 0 radical (unpaired) electrons. The van der Waals surface area contributed by atoms with Gasteiger partial charge >= 0.3 is 12.0 Å². The lowest BCUT2D eigenvalue weighted by Gasteiger charge is -2.37. The molecule has 1 heterocycles. The maximum absolute atomic E-state index is 12.5. The highest BCUT2D eigenvalue weighted by molar-refractivity contribution is 5.83. The summed E-state index contributed by atoms with van der Waals surface area (Å²) in [6.45, 7) is 2.64. The van der Waals surface area contributed by atoms with Gasteiger partial charge in [-0.15, -0.1) is 0 Å². The van der Waals surface area contributed by atoms with Gasteiger partial charge in [-0.3, -0.25) is 0 Å². The molecule has 2 rings (SSSR count). The third kappa shape index (κ3) is 3.64. The number of likely N-dealkylation sites (tertiary alicyclic amines) is 1. The number of carbonyl (C=O) groups excluding carboxylic acids is 1. The SMILES string of the molecule is CC1(NC(=O)N2CCCCCC2C(=O)O)CCCCC1. The van der Waals surface area contributed by atoms with Gasteiger partial charge in [-0.25, -0.2) is 9.59 Å². The van der Waals surface area contributed by atoms with Gasteiger partial charge < -0.3 is 15.3 Å². The molecule has 1 atom stereocenters. The Balaban J connectivity index is 2.02. The summed E-state index contributed by atoms with van der Waals surface area (Å²) < 4.78 is 0. The van der Waals surface area contributed by atoms with Crippen LogP contribution < -0.4 is 5.32 Å². The molecular formula is C15H26N2O3. The molecule has 114 valence electrons. The van der Waals surface area contributed by atoms with E-state index in [4.69, 9.17) is 0 Å². The van der Waals surface area contributed by atoms with Crippen LogP contribution in [0.2, 0.25) is 0 Å². The van der Waals surface area contributed by atoms with Crippen LogP contribution in [-0.4, -0.2) is 40.1 Å². The molecule has 5 nitrogen and oxygen atoms in total. The fourth-order valence-corrected chi connectivity index (χ4v) is 3.40. The number of carbonyl (C=O) groups is 2. The normalized spacial score (nSPS) is 26.6. The predicted molar refractivity (Wildman–Crippen MR) is 76.6 cm³/mol. The van der Waals surface area contributed by atoms with Gasteiger partial charge in [0.2, 0.25) is 0 Å². The molecule has 0 aromatic rings. The summed E-state index contributed by atoms with van der Waals surface area (Å²) in [5.41, 5.74) is -0.162. The molecule has 0 aromatic heterocycles. The van der Waals surface area contributed by atoms with Gasteiger partial charge in [0.25, 0.3) is 0 Å². The number of rotatable bonds is 2. The Hall–Kier alpha value is -1.26. The smallest absolute Gasteiger partial charge is 0.326 e. The first-order valence-electron chi connectivity index (χ1n) is 7.83. The van der Waals surface area contributed by atoms with Gasteiger partial charge in [0, 0.05) is 12.1 Å². The Morgan fingerprint density at radius 1 is 1.10 bits per heavy atom. The van der Waals surface area contributed by atoms with Gasteiger partial charge in [0.1, 0.15) is 6.04 Å². The van der Waals surface area contributed by atoms with Crippen molar-refractivity contribution in [3.63, 3.8) is 0 Å². The standard InChI is InChI=1S/C15H26N2O3/c1-15(9-5-3-6-10-15)16-14(20)17-11-7-2-4-8-12(17)13(18)19/h12H,2-11H2,1H3,(H,16,20)(H,18,19). The van der Waals surface area contributed by atoms with E-state index in [1.54, 1.807) is 0 Å². The van der Waals surface area contributed by atoms with E-state index >= 15 is 0 Å². The van der Waals surface area contributed by atoms with Crippen molar-refractivity contribution in [1.29, 1.82) is 0 Å². The van der Waals surface area contributed by atoms with Crippen LogP contribution in [0.3, 0.4) is 0 Å². The number of carboxylic acid groups (broad SMARTS) is 1. The lowest BCUT2D eigenvalue weighted by molar-refractivity contribution is -0.142. The van der Waals surface area contributed by atoms with Crippen LogP contribution in [0.25, 0.3) is 0 Å². The van der Waals surface area contributed by atoms with Crippen molar-refractivity contribution in [3.05, 3.63) is 0 Å². The summed E-state index contributed by atoms with van der Waals surface area (Å²) in [4.78, 5) is 25.4. The van der Waals surface area contributed by atoms with Crippen molar-refractivity contribution >= 4 is 12.0 Å². The van der Waals surface area contributed by atoms with Gasteiger partial charge in [-0.05, 0) is 32.6 Å². The quantitative estimate of drug-likeness (QED) is 0.818. The first-order chi connectivity index (χ1) is 9.52. The molecule has 0 bridgehead atoms. The Bertz CT molecular complexity index is 364. The van der Waals surface area contributed by atoms with Crippen molar-refractivity contribution in [3.8, 4) is 0 Å². The molecule has 1 saturated carbocycles. The molecule has 0 aromatic carbocycles. The van der Waals surface area contributed by atoms with Gasteiger partial charge in [-0.2, -0.15) is 0 Å². The monoisotopic (exact) mass is 282 g/mol. The van der Waals surface area contributed by atoms with Crippen LogP contribution >= 0.6 is 0 Å². The zero-order valence-corrected chi connectivity index (χ0v) is 12.4. The van der Waals surface area contributed by atoms with Crippen LogP contribution in [-0.2, 0) is 4.79 Å². The van der Waals surface area contributed by atoms with E-state index in [2.05, 4.69) is 12.2 Å². The first-order valence-corrected chi connectivity index (χ1v) is 7.83. The van der Waals surface area contributed by atoms with Crippen LogP contribution in [0.5, 0.6) is 0 Å². The Kier molecular flexibility index (Phi) is 4.89. The van der Waals surface area contributed by atoms with E-state index < -0.39 is 12.0 Å². The van der Waals surface area contributed by atoms with E-state index in [-0.39, 0.29) is 11.6 Å². The summed E-state index contributed by atoms with van der Waals surface area (Å²) in [6.07, 6.45) is 8.84. The molecule has 2 N–H and O–H groups in total. The Morgan fingerprint density at radius 2 is 1.75 bits per heavy atom. The van der Waals surface area contributed by atoms with E-state index in [0.29, 0.717) is 13.0 Å². The second-order valence-corrected chi connectivity index (χ2v) is 6.45. The topological polar surface area (TPSA) is 69.6 Å². The van der Waals surface area contributed by atoms with E-state index in [0.717, 1.165) is 44.9 Å². The Labute approximate surface area is 120 Å². The van der Waals surface area contributed by atoms with Crippen LogP contribution in [0.4, 0.5) is 4.79 Å². The summed E-state index contributed by atoms with van der Waals surface area (Å²) >= 11 is 0. The van der Waals surface area contributed by atoms with Gasteiger partial charge in [0.05, 0.1) is 0 Å². The molecule has 20 heavy (non-hydrogen) atoms. The number of aliphatic carboxylic acids is 1. The zero-order valence-electron chi connectivity index (χ0n) is 12.4. The molecule has 0 spiro atoms. The second-order valence-electron chi connectivity index (χ2n) is 6.45. The molecule has 1 saturated heterocycles. The average Bonchev–Trinajstić information content (AvgIpc) is 2.64. The third-order valence-electron chi connectivity index (χ3n) is 4.66. The summed E-state index contributed by atoms with van der Waals surface area (Å²) in [7, 11) is 0. The molecule has 2 aliphatic rings. The van der Waals surface area contributed by atoms with Crippen molar-refractivity contribution in [2.45, 2.75) is 76.3 Å². The molecule has 1 aliphatic heterocycles. The van der Waals surface area contributed by atoms with Gasteiger partial charge in [0.15, 0.2) is 0 Å². The maximum Gasteiger partial charge on any atom is 0.326 e. The van der Waals surface area contributed by atoms with E-state index in [1.807, 2.05) is 0 Å². The number of amides is 2. The second kappa shape index (κ2) is 6.46. The van der Waals surface area contributed by atoms with Crippen molar-refractivity contribution in [2.75, 3.05) is 6.54 Å². The lowest BCUT2D eigenvalue weighted by Crippen LogP contribution is -2.56. The molecule has 2 fully saturated rings. The maximum atomic E-state index is 12.5. The van der Waals surface area contributed by atoms with E-state index in [1.165, 1.54) is 11.3 Å². The van der Waals surface area contributed by atoms with Crippen LogP contribution in [0, 0.1) is 0 Å². The van der Waals surface area contributed by atoms with Crippen molar-refractivity contribution < 1.29 is 14.7 Å². The average molecular weight is 282 g/mol. The largest absolute Gasteiger partial charge is 0.480 e. The zero-order chi connectivity index (χ0) is 14.6. The van der Waals surface area contributed by atoms with E-state index in [9.17, 15) is 14.7 Å². The lowest BCUT2D eigenvalue weighted by atomic mass is 9.83. The first kappa shape index (κ1) is 15.1. The molecule has 5 heteroatoms. The highest BCUT2D eigenvalue weighted by Crippen LogP contribution is 2.28. The van der Waals surface area contributed by atoms with Crippen molar-refractivity contribution in [2.24, 2.45) is 0 Å². The minimum Gasteiger partial charge on any atom is -0.480 e. The molecule has 2 amide bonds. The number of hydrogen-bond acceptors (Lipinski definition) is 2. The minimum atomic E-state index is -0.879. The number of urea groups is 1. The van der Waals surface area contributed by atoms with Crippen LogP contribution in [0.15, 0.2) is 0 Å². The fourth-order valence-electron chi connectivity index (χ4n) is 3.40. The van der Waals surface area contributed by atoms with Crippen LogP contribution in [0.1, 0.15) is 64.7 Å². The van der Waals surface area contributed by atoms with Gasteiger partial charge in [-0.1, -0.05) is 32.1 Å². The summed E-state index contributed by atoms with van der Waals surface area (Å²) in [5, 5.41) is 12.4. The fraction of sp³-hybridized carbons (Fsp3) is 0.867. The number of nitrogens with zero attached hydrogens (tertiary/aromatic N) is 1. The number of hydrogen-bond donors (Lipinski definition) is 2. The molecule has 1 unspecified atom stereocenters. The highest BCUT2D eigenvalue weighted by Gasteiger charge is 2.35. The molecular weight excluding hydrogens is 256 g/mol. The predicted octanol–water partition coefficient (Wildman–Crippen LogP) is 2.75.